The van der Waals surface area contributed by atoms with Gasteiger partial charge in [0.1, 0.15) is 9.90 Å². The maximum absolute atomic E-state index is 13.5. The molecule has 0 aliphatic rings. The summed E-state index contributed by atoms with van der Waals surface area (Å²) >= 11 is 0.958. The zero-order valence-electron chi connectivity index (χ0n) is 8.85. The average Bonchev–Trinajstić information content (AvgIpc) is 2.84. The monoisotopic (exact) mass is 290 g/mol. The zero-order chi connectivity index (χ0) is 13.3. The lowest BCUT2D eigenvalue weighted by Gasteiger charge is -2.10. The number of nitrogen functional groups attached to an aromatic ring is 1. The summed E-state index contributed by atoms with van der Waals surface area (Å²) in [4.78, 5) is 0. The van der Waals surface area contributed by atoms with Gasteiger partial charge in [-0.05, 0) is 23.6 Å². The van der Waals surface area contributed by atoms with Crippen molar-refractivity contribution in [1.29, 1.82) is 0 Å². The van der Waals surface area contributed by atoms with Gasteiger partial charge in [0, 0.05) is 0 Å². The molecule has 0 unspecified atom stereocenters. The van der Waals surface area contributed by atoms with Crippen molar-refractivity contribution in [3.8, 4) is 0 Å². The van der Waals surface area contributed by atoms with E-state index in [0.29, 0.717) is 0 Å². The van der Waals surface area contributed by atoms with Gasteiger partial charge in [-0.15, -0.1) is 11.3 Å². The number of benzene rings is 1. The minimum Gasteiger partial charge on any atom is -0.397 e. The molecule has 0 fully saturated rings. The summed E-state index contributed by atoms with van der Waals surface area (Å²) in [5.41, 5.74) is 4.65. The van der Waals surface area contributed by atoms with Crippen molar-refractivity contribution in [3.63, 3.8) is 0 Å². The molecule has 0 aliphatic carbocycles. The first-order chi connectivity index (χ1) is 8.42. The summed E-state index contributed by atoms with van der Waals surface area (Å²) in [5, 5.41) is 1.56. The first kappa shape index (κ1) is 12.8. The molecule has 96 valence electrons. The highest BCUT2D eigenvalue weighted by molar-refractivity contribution is 7.94. The van der Waals surface area contributed by atoms with Gasteiger partial charge in [0.05, 0.1) is 5.69 Å². The second-order valence-corrected chi connectivity index (χ2v) is 6.22. The highest BCUT2D eigenvalue weighted by Crippen LogP contribution is 2.28. The Balaban J connectivity index is 2.45. The van der Waals surface area contributed by atoms with E-state index in [-0.39, 0.29) is 9.90 Å². The van der Waals surface area contributed by atoms with Crippen molar-refractivity contribution in [2.24, 2.45) is 0 Å². The fourth-order valence-corrected chi connectivity index (χ4v) is 3.35. The summed E-state index contributed by atoms with van der Waals surface area (Å²) in [6.07, 6.45) is 0. The fraction of sp³-hybridized carbons (Fsp3) is 0. The normalized spacial score (nSPS) is 11.4. The molecule has 0 spiro atoms. The molecule has 4 nitrogen and oxygen atoms in total. The maximum atomic E-state index is 13.5. The molecule has 2 aromatic rings. The lowest BCUT2D eigenvalue weighted by Crippen LogP contribution is -2.14. The average molecular weight is 290 g/mol. The van der Waals surface area contributed by atoms with Crippen molar-refractivity contribution in [1.82, 2.24) is 0 Å². The van der Waals surface area contributed by atoms with Gasteiger partial charge in [0.15, 0.2) is 11.6 Å². The van der Waals surface area contributed by atoms with Gasteiger partial charge in [-0.2, -0.15) is 0 Å². The van der Waals surface area contributed by atoms with Gasteiger partial charge in [-0.1, -0.05) is 6.07 Å². The van der Waals surface area contributed by atoms with E-state index in [1.807, 2.05) is 4.72 Å². The third-order valence-electron chi connectivity index (χ3n) is 2.12. The minimum absolute atomic E-state index is 0.00874. The summed E-state index contributed by atoms with van der Waals surface area (Å²) in [5.74, 6) is -2.50. The van der Waals surface area contributed by atoms with Crippen LogP contribution in [0.15, 0.2) is 33.9 Å². The molecule has 0 saturated heterocycles. The van der Waals surface area contributed by atoms with E-state index in [1.165, 1.54) is 12.1 Å². The second kappa shape index (κ2) is 4.54. The van der Waals surface area contributed by atoms with Gasteiger partial charge in [0.2, 0.25) is 0 Å². The lowest BCUT2D eigenvalue weighted by atomic mass is 10.2. The lowest BCUT2D eigenvalue weighted by molar-refractivity contribution is 0.512. The largest absolute Gasteiger partial charge is 0.397 e. The number of sulfonamides is 1. The van der Waals surface area contributed by atoms with Crippen LogP contribution in [0.2, 0.25) is 0 Å². The second-order valence-electron chi connectivity index (χ2n) is 3.36. The molecule has 2 rings (SSSR count). The van der Waals surface area contributed by atoms with Gasteiger partial charge >= 0.3 is 0 Å². The van der Waals surface area contributed by atoms with Crippen LogP contribution in [0.1, 0.15) is 0 Å². The Morgan fingerprint density at radius 1 is 1.22 bits per heavy atom. The molecule has 0 amide bonds. The van der Waals surface area contributed by atoms with Crippen molar-refractivity contribution < 1.29 is 17.2 Å². The quantitative estimate of drug-likeness (QED) is 0.853. The molecule has 8 heteroatoms. The highest BCUT2D eigenvalue weighted by atomic mass is 32.2. The number of hydrogen-bond donors (Lipinski definition) is 2. The van der Waals surface area contributed by atoms with Crippen LogP contribution in [0.5, 0.6) is 0 Å². The molecular formula is C10H8F2N2O2S2. The van der Waals surface area contributed by atoms with E-state index >= 15 is 0 Å². The van der Waals surface area contributed by atoms with E-state index < -0.39 is 27.3 Å². The van der Waals surface area contributed by atoms with Gasteiger partial charge in [-0.3, -0.25) is 4.72 Å². The Bertz CT molecular complexity index is 669. The molecule has 1 heterocycles. The van der Waals surface area contributed by atoms with E-state index in [4.69, 9.17) is 5.73 Å². The molecular weight excluding hydrogens is 282 g/mol. The minimum atomic E-state index is -3.95. The first-order valence-electron chi connectivity index (χ1n) is 4.71. The number of hydrogen-bond acceptors (Lipinski definition) is 4. The van der Waals surface area contributed by atoms with Crippen LogP contribution in [-0.2, 0) is 10.0 Å². The maximum Gasteiger partial charge on any atom is 0.271 e. The van der Waals surface area contributed by atoms with Crippen LogP contribution in [0.4, 0.5) is 20.2 Å². The Morgan fingerprint density at radius 3 is 2.56 bits per heavy atom. The molecule has 3 N–H and O–H groups in total. The molecule has 1 aromatic heterocycles. The van der Waals surface area contributed by atoms with E-state index in [0.717, 1.165) is 23.5 Å². The number of nitrogens with one attached hydrogen (secondary N) is 1. The van der Waals surface area contributed by atoms with Crippen LogP contribution in [0.3, 0.4) is 0 Å². The van der Waals surface area contributed by atoms with Gasteiger partial charge in [-0.25, -0.2) is 17.2 Å². The number of anilines is 2. The van der Waals surface area contributed by atoms with Crippen LogP contribution < -0.4 is 10.5 Å². The third kappa shape index (κ3) is 2.29. The van der Waals surface area contributed by atoms with Crippen LogP contribution in [-0.4, -0.2) is 8.42 Å². The Morgan fingerprint density at radius 2 is 1.94 bits per heavy atom. The van der Waals surface area contributed by atoms with Crippen molar-refractivity contribution >= 4 is 32.7 Å². The highest BCUT2D eigenvalue weighted by Gasteiger charge is 2.20. The zero-order valence-corrected chi connectivity index (χ0v) is 10.5. The summed E-state index contributed by atoms with van der Waals surface area (Å²) in [7, 11) is -3.95. The topological polar surface area (TPSA) is 72.2 Å². The first-order valence-corrected chi connectivity index (χ1v) is 7.08. The number of thiophene rings is 1. The van der Waals surface area contributed by atoms with E-state index in [1.54, 1.807) is 5.38 Å². The van der Waals surface area contributed by atoms with Crippen molar-refractivity contribution in [3.05, 3.63) is 41.3 Å². The van der Waals surface area contributed by atoms with Gasteiger partial charge in [0.25, 0.3) is 10.0 Å². The molecule has 0 atom stereocenters. The summed E-state index contributed by atoms with van der Waals surface area (Å²) in [6, 6.07) is 4.79. The molecule has 0 bridgehead atoms. The molecule has 0 aliphatic heterocycles. The van der Waals surface area contributed by atoms with E-state index in [2.05, 4.69) is 0 Å². The van der Waals surface area contributed by atoms with Crippen LogP contribution in [0, 0.1) is 11.6 Å². The Labute approximate surface area is 106 Å². The predicted octanol–water partition coefficient (Wildman–Crippen LogP) is 2.41. The third-order valence-corrected chi connectivity index (χ3v) is 4.87. The van der Waals surface area contributed by atoms with E-state index in [9.17, 15) is 17.2 Å². The Hall–Kier alpha value is -1.67. The molecule has 0 saturated carbocycles. The SMILES string of the molecule is Nc1ccc(F)c(F)c1NS(=O)(=O)c1cccs1. The van der Waals surface area contributed by atoms with Crippen molar-refractivity contribution in [2.75, 3.05) is 10.5 Å². The van der Waals surface area contributed by atoms with Crippen LogP contribution >= 0.6 is 11.3 Å². The summed E-state index contributed by atoms with van der Waals surface area (Å²) in [6.45, 7) is 0. The predicted molar refractivity (Wildman–Crippen MR) is 65.9 cm³/mol. The molecule has 18 heavy (non-hydrogen) atoms. The Kier molecular flexibility index (Phi) is 3.22. The van der Waals surface area contributed by atoms with Gasteiger partial charge < -0.3 is 5.73 Å². The number of nitrogens with two attached hydrogens (primary N) is 1. The molecule has 1 aromatic carbocycles. The fourth-order valence-electron chi connectivity index (χ4n) is 1.27. The number of rotatable bonds is 3. The smallest absolute Gasteiger partial charge is 0.271 e. The number of halogens is 2. The van der Waals surface area contributed by atoms with Crippen molar-refractivity contribution in [2.45, 2.75) is 4.21 Å². The molecule has 0 radical (unpaired) electrons. The standard InChI is InChI=1S/C10H8F2N2O2S2/c11-6-3-4-7(13)10(9(6)12)14-18(15,16)8-2-1-5-17-8/h1-5,14H,13H2. The van der Waals surface area contributed by atoms with Crippen LogP contribution in [0.25, 0.3) is 0 Å². The summed E-state index contributed by atoms with van der Waals surface area (Å²) < 4.78 is 52.1.